The molecule has 0 amide bonds. The van der Waals surface area contributed by atoms with E-state index in [9.17, 15) is 0 Å². The fraction of sp³-hybridized carbons (Fsp3) is 0.538. The van der Waals surface area contributed by atoms with Gasteiger partial charge in [0.1, 0.15) is 0 Å². The highest BCUT2D eigenvalue weighted by Gasteiger charge is 2.05. The van der Waals surface area contributed by atoms with Crippen LogP contribution in [0.15, 0.2) is 66.7 Å². The predicted octanol–water partition coefficient (Wildman–Crippen LogP) is 8.61. The van der Waals surface area contributed by atoms with Gasteiger partial charge >= 0.3 is 0 Å². The van der Waals surface area contributed by atoms with Gasteiger partial charge in [0.15, 0.2) is 0 Å². The van der Waals surface area contributed by atoms with Crippen molar-refractivity contribution in [3.05, 3.63) is 72.3 Å². The molecule has 0 spiro atoms. The maximum Gasteiger partial charge on any atom is -0.0398 e. The van der Waals surface area contributed by atoms with Gasteiger partial charge in [-0.15, -0.1) is 0 Å². The largest absolute Gasteiger partial charge is 0.0625 e. The first-order chi connectivity index (χ1) is 12.8. The number of benzene rings is 2. The van der Waals surface area contributed by atoms with Crippen LogP contribution in [0.5, 0.6) is 0 Å². The Morgan fingerprint density at radius 1 is 0.500 bits per heavy atom. The number of rotatable bonds is 0. The van der Waals surface area contributed by atoms with Crippen LogP contribution in [-0.2, 0) is 0 Å². The van der Waals surface area contributed by atoms with Gasteiger partial charge in [0.05, 0.1) is 0 Å². The molecule has 0 heterocycles. The van der Waals surface area contributed by atoms with Crippen LogP contribution in [0.4, 0.5) is 0 Å². The first-order valence-electron chi connectivity index (χ1n) is 10.8. The molecule has 0 bridgehead atoms. The Hall–Kier alpha value is -1.56. The number of aryl methyl sites for hydroxylation is 1. The highest BCUT2D eigenvalue weighted by atomic mass is 14.1. The third kappa shape index (κ3) is 14.8. The minimum atomic E-state index is 1.04. The Bertz CT molecular complexity index is 440. The first kappa shape index (κ1) is 22.5. The monoisotopic (exact) mass is 352 g/mol. The van der Waals surface area contributed by atoms with E-state index in [0.29, 0.717) is 0 Å². The van der Waals surface area contributed by atoms with Gasteiger partial charge in [-0.2, -0.15) is 0 Å². The lowest BCUT2D eigenvalue weighted by Crippen LogP contribution is -1.99. The molecule has 0 atom stereocenters. The molecule has 0 heteroatoms. The lowest BCUT2D eigenvalue weighted by molar-refractivity contribution is 0.385. The molecule has 0 nitrogen and oxygen atoms in total. The van der Waals surface area contributed by atoms with E-state index in [-0.39, 0.29) is 0 Å². The van der Waals surface area contributed by atoms with E-state index in [2.05, 4.69) is 26.0 Å². The molecule has 0 N–H and O–H groups in total. The summed E-state index contributed by atoms with van der Waals surface area (Å²) in [6, 6.07) is 22.3. The second-order valence-electron chi connectivity index (χ2n) is 7.67. The summed E-state index contributed by atoms with van der Waals surface area (Å²) < 4.78 is 0. The second-order valence-corrected chi connectivity index (χ2v) is 7.67. The molecule has 2 aromatic carbocycles. The van der Waals surface area contributed by atoms with Gasteiger partial charge in [0.25, 0.3) is 0 Å². The Morgan fingerprint density at radius 2 is 0.808 bits per heavy atom. The van der Waals surface area contributed by atoms with Crippen molar-refractivity contribution in [1.29, 1.82) is 0 Å². The summed E-state index contributed by atoms with van der Waals surface area (Å²) in [5, 5.41) is 0. The van der Waals surface area contributed by atoms with Crippen molar-refractivity contribution in [1.82, 2.24) is 0 Å². The molecule has 2 aromatic rings. The lowest BCUT2D eigenvalue weighted by Gasteiger charge is -2.15. The number of hydrogen-bond acceptors (Lipinski definition) is 0. The molecule has 0 radical (unpaired) electrons. The van der Waals surface area contributed by atoms with Crippen molar-refractivity contribution in [2.75, 3.05) is 0 Å². The lowest BCUT2D eigenvalue weighted by atomic mass is 9.91. The van der Waals surface area contributed by atoms with Crippen molar-refractivity contribution in [2.24, 2.45) is 5.92 Å². The minimum absolute atomic E-state index is 1.04. The topological polar surface area (TPSA) is 0 Å². The molecule has 26 heavy (non-hydrogen) atoms. The van der Waals surface area contributed by atoms with Crippen LogP contribution in [0.25, 0.3) is 0 Å². The van der Waals surface area contributed by atoms with E-state index >= 15 is 0 Å². The Kier molecular flexibility index (Phi) is 14.6. The van der Waals surface area contributed by atoms with E-state index < -0.39 is 0 Å². The average Bonchev–Trinajstić information content (AvgIpc) is 2.73. The molecule has 0 aliphatic heterocycles. The van der Waals surface area contributed by atoms with Crippen molar-refractivity contribution >= 4 is 0 Å². The molecule has 2 saturated carbocycles. The minimum Gasteiger partial charge on any atom is -0.0625 e. The fourth-order valence-electron chi connectivity index (χ4n) is 3.29. The van der Waals surface area contributed by atoms with Gasteiger partial charge in [-0.1, -0.05) is 150 Å². The van der Waals surface area contributed by atoms with E-state index in [1.54, 1.807) is 0 Å². The third-order valence-corrected chi connectivity index (χ3v) is 5.00. The van der Waals surface area contributed by atoms with Gasteiger partial charge in [0, 0.05) is 0 Å². The second kappa shape index (κ2) is 16.9. The zero-order valence-corrected chi connectivity index (χ0v) is 17.2. The molecular formula is C26H40. The smallest absolute Gasteiger partial charge is 0.0398 e. The fourth-order valence-corrected chi connectivity index (χ4v) is 3.29. The summed E-state index contributed by atoms with van der Waals surface area (Å²) in [6.45, 7) is 4.44. The molecule has 0 saturated heterocycles. The Morgan fingerprint density at radius 3 is 1.04 bits per heavy atom. The third-order valence-electron chi connectivity index (χ3n) is 5.00. The van der Waals surface area contributed by atoms with Gasteiger partial charge < -0.3 is 0 Å². The van der Waals surface area contributed by atoms with Gasteiger partial charge in [-0.3, -0.25) is 0 Å². The van der Waals surface area contributed by atoms with Crippen LogP contribution in [0.3, 0.4) is 0 Å². The molecule has 4 rings (SSSR count). The first-order valence-corrected chi connectivity index (χ1v) is 10.8. The average molecular weight is 353 g/mol. The standard InChI is InChI=1S/C7H14.C7H8.C6H12.C6H6/c2*1-7-5-3-2-4-6-7;2*1-2-4-6-5-3-1/h7H,2-6H2,1H3;2-6H,1H3;1-6H2;1-6H. The Labute approximate surface area is 163 Å². The molecule has 0 unspecified atom stereocenters. The predicted molar refractivity (Wildman–Crippen MR) is 118 cm³/mol. The summed E-state index contributed by atoms with van der Waals surface area (Å²) >= 11 is 0. The molecule has 2 aliphatic rings. The Balaban J connectivity index is 0.000000174. The van der Waals surface area contributed by atoms with Crippen LogP contribution < -0.4 is 0 Å². The molecule has 144 valence electrons. The maximum atomic E-state index is 2.36. The normalized spacial score (nSPS) is 16.5. The molecule has 2 aliphatic carbocycles. The van der Waals surface area contributed by atoms with Crippen molar-refractivity contribution < 1.29 is 0 Å². The van der Waals surface area contributed by atoms with Crippen LogP contribution >= 0.6 is 0 Å². The molecule has 0 aromatic heterocycles. The van der Waals surface area contributed by atoms with Gasteiger partial charge in [0.2, 0.25) is 0 Å². The quantitative estimate of drug-likeness (QED) is 0.445. The highest BCUT2D eigenvalue weighted by Crippen LogP contribution is 2.22. The molecule has 2 fully saturated rings. The van der Waals surface area contributed by atoms with Crippen LogP contribution in [0.1, 0.15) is 83.1 Å². The van der Waals surface area contributed by atoms with Crippen LogP contribution in [-0.4, -0.2) is 0 Å². The maximum absolute atomic E-state index is 2.36. The zero-order chi connectivity index (χ0) is 18.7. The van der Waals surface area contributed by atoms with E-state index in [1.165, 1.54) is 76.2 Å². The van der Waals surface area contributed by atoms with Crippen molar-refractivity contribution in [3.8, 4) is 0 Å². The van der Waals surface area contributed by atoms with E-state index in [0.717, 1.165) is 5.92 Å². The summed E-state index contributed by atoms with van der Waals surface area (Å²) in [6.07, 6.45) is 16.4. The SMILES string of the molecule is C1CCCCC1.CC1CCCCC1.Cc1ccccc1.c1ccccc1. The highest BCUT2D eigenvalue weighted by molar-refractivity contribution is 5.11. The number of hydrogen-bond donors (Lipinski definition) is 0. The summed E-state index contributed by atoms with van der Waals surface area (Å²) in [5.41, 5.74) is 1.32. The summed E-state index contributed by atoms with van der Waals surface area (Å²) in [7, 11) is 0. The zero-order valence-electron chi connectivity index (χ0n) is 17.2. The van der Waals surface area contributed by atoms with Crippen molar-refractivity contribution in [3.63, 3.8) is 0 Å². The van der Waals surface area contributed by atoms with Crippen LogP contribution in [0, 0.1) is 12.8 Å². The summed E-state index contributed by atoms with van der Waals surface area (Å²) in [5.74, 6) is 1.04. The van der Waals surface area contributed by atoms with Crippen molar-refractivity contribution in [2.45, 2.75) is 84.5 Å². The molecular weight excluding hydrogens is 312 g/mol. The van der Waals surface area contributed by atoms with E-state index in [1.807, 2.05) is 54.6 Å². The summed E-state index contributed by atoms with van der Waals surface area (Å²) in [4.78, 5) is 0. The van der Waals surface area contributed by atoms with Gasteiger partial charge in [-0.25, -0.2) is 0 Å². The van der Waals surface area contributed by atoms with Gasteiger partial charge in [-0.05, 0) is 12.8 Å². The van der Waals surface area contributed by atoms with E-state index in [4.69, 9.17) is 0 Å². The van der Waals surface area contributed by atoms with Crippen LogP contribution in [0.2, 0.25) is 0 Å².